The molecule has 0 saturated carbocycles. The van der Waals surface area contributed by atoms with Crippen molar-refractivity contribution >= 4 is 33.3 Å². The quantitative estimate of drug-likeness (QED) is 0.594. The van der Waals surface area contributed by atoms with Gasteiger partial charge in [0.25, 0.3) is 5.91 Å². The third-order valence-corrected chi connectivity index (χ3v) is 5.95. The molecule has 3 heterocycles. The van der Waals surface area contributed by atoms with Crippen LogP contribution < -0.4 is 5.32 Å². The van der Waals surface area contributed by atoms with Crippen molar-refractivity contribution in [3.63, 3.8) is 0 Å². The Bertz CT molecular complexity index is 1130. The van der Waals surface area contributed by atoms with E-state index >= 15 is 0 Å². The van der Waals surface area contributed by atoms with Gasteiger partial charge in [0.05, 0.1) is 22.1 Å². The SMILES string of the molecule is Cc1cnn(C)c1C(=O)Nc1c2c(nn1-c1nc3ccccc3s1)CCC2. The molecule has 0 radical (unpaired) electrons. The van der Waals surface area contributed by atoms with Crippen molar-refractivity contribution in [1.82, 2.24) is 24.5 Å². The van der Waals surface area contributed by atoms with E-state index in [1.54, 1.807) is 33.9 Å². The van der Waals surface area contributed by atoms with E-state index in [1.165, 1.54) is 0 Å². The molecular weight excluding hydrogens is 360 g/mol. The lowest BCUT2D eigenvalue weighted by Gasteiger charge is -2.09. The van der Waals surface area contributed by atoms with E-state index in [2.05, 4.69) is 10.4 Å². The number of fused-ring (bicyclic) bond motifs is 2. The summed E-state index contributed by atoms with van der Waals surface area (Å²) >= 11 is 1.57. The maximum atomic E-state index is 12.9. The number of thiazole rings is 1. The summed E-state index contributed by atoms with van der Waals surface area (Å²) in [6, 6.07) is 8.01. The lowest BCUT2D eigenvalue weighted by molar-refractivity contribution is 0.101. The second-order valence-electron chi connectivity index (χ2n) is 6.76. The minimum absolute atomic E-state index is 0.176. The largest absolute Gasteiger partial charge is 0.305 e. The van der Waals surface area contributed by atoms with Crippen molar-refractivity contribution in [1.29, 1.82) is 0 Å². The molecule has 1 aliphatic carbocycles. The predicted molar refractivity (Wildman–Crippen MR) is 105 cm³/mol. The number of hydrogen-bond donors (Lipinski definition) is 1. The summed E-state index contributed by atoms with van der Waals surface area (Å²) in [5, 5.41) is 12.8. The first kappa shape index (κ1) is 16.2. The van der Waals surface area contributed by atoms with Crippen LogP contribution in [0.2, 0.25) is 0 Å². The van der Waals surface area contributed by atoms with Gasteiger partial charge in [-0.15, -0.1) is 0 Å². The number of carbonyl (C=O) groups excluding carboxylic acids is 1. The molecular formula is C19H18N6OS. The van der Waals surface area contributed by atoms with Crippen molar-refractivity contribution in [2.75, 3.05) is 5.32 Å². The molecule has 5 rings (SSSR count). The molecule has 8 heteroatoms. The van der Waals surface area contributed by atoms with Crippen LogP contribution >= 0.6 is 11.3 Å². The lowest BCUT2D eigenvalue weighted by atomic mass is 10.2. The summed E-state index contributed by atoms with van der Waals surface area (Å²) in [4.78, 5) is 17.7. The number of aromatic nitrogens is 5. The summed E-state index contributed by atoms with van der Waals surface area (Å²) in [5.41, 5.74) is 4.50. The van der Waals surface area contributed by atoms with Crippen LogP contribution in [0.4, 0.5) is 5.82 Å². The van der Waals surface area contributed by atoms with Gasteiger partial charge in [0.15, 0.2) is 0 Å². The van der Waals surface area contributed by atoms with E-state index in [0.29, 0.717) is 5.69 Å². The number of benzene rings is 1. The van der Waals surface area contributed by atoms with Gasteiger partial charge in [-0.3, -0.25) is 9.48 Å². The molecule has 0 atom stereocenters. The molecule has 1 aromatic carbocycles. The van der Waals surface area contributed by atoms with Crippen molar-refractivity contribution in [2.45, 2.75) is 26.2 Å². The van der Waals surface area contributed by atoms with Crippen LogP contribution in [0, 0.1) is 6.92 Å². The maximum absolute atomic E-state index is 12.9. The van der Waals surface area contributed by atoms with Crippen LogP contribution in [0.1, 0.15) is 33.7 Å². The second-order valence-corrected chi connectivity index (χ2v) is 7.77. The Morgan fingerprint density at radius 1 is 1.26 bits per heavy atom. The van der Waals surface area contributed by atoms with Crippen molar-refractivity contribution < 1.29 is 4.79 Å². The van der Waals surface area contributed by atoms with E-state index in [1.807, 2.05) is 31.2 Å². The fourth-order valence-corrected chi connectivity index (χ4v) is 4.57. The van der Waals surface area contributed by atoms with E-state index in [9.17, 15) is 4.79 Å². The van der Waals surface area contributed by atoms with Gasteiger partial charge in [-0.05, 0) is 43.9 Å². The Morgan fingerprint density at radius 2 is 2.11 bits per heavy atom. The zero-order valence-electron chi connectivity index (χ0n) is 15.1. The number of para-hydroxylation sites is 1. The van der Waals surface area contributed by atoms with Crippen LogP contribution in [-0.2, 0) is 19.9 Å². The molecule has 4 aromatic rings. The van der Waals surface area contributed by atoms with Crippen LogP contribution in [0.5, 0.6) is 0 Å². The number of amides is 1. The normalized spacial score (nSPS) is 13.3. The van der Waals surface area contributed by atoms with E-state index in [0.717, 1.165) is 57.2 Å². The molecule has 0 saturated heterocycles. The molecule has 3 aromatic heterocycles. The van der Waals surface area contributed by atoms with Gasteiger partial charge in [-0.25, -0.2) is 4.98 Å². The maximum Gasteiger partial charge on any atom is 0.275 e. The van der Waals surface area contributed by atoms with Crippen LogP contribution in [-0.4, -0.2) is 30.5 Å². The molecule has 136 valence electrons. The number of nitrogens with one attached hydrogen (secondary N) is 1. The third kappa shape index (κ3) is 2.56. The number of aryl methyl sites for hydroxylation is 3. The average molecular weight is 378 g/mol. The number of nitrogens with zero attached hydrogens (tertiary/aromatic N) is 5. The first-order valence-electron chi connectivity index (χ1n) is 8.88. The van der Waals surface area contributed by atoms with Gasteiger partial charge in [0, 0.05) is 12.6 Å². The fraction of sp³-hybridized carbons (Fsp3) is 0.263. The molecule has 0 aliphatic heterocycles. The summed E-state index contributed by atoms with van der Waals surface area (Å²) in [7, 11) is 1.77. The summed E-state index contributed by atoms with van der Waals surface area (Å²) in [6.45, 7) is 1.89. The average Bonchev–Trinajstić information content (AvgIpc) is 3.39. The number of rotatable bonds is 3. The Kier molecular flexibility index (Phi) is 3.61. The molecule has 7 nitrogen and oxygen atoms in total. The monoisotopic (exact) mass is 378 g/mol. The van der Waals surface area contributed by atoms with E-state index < -0.39 is 0 Å². The smallest absolute Gasteiger partial charge is 0.275 e. The summed E-state index contributed by atoms with van der Waals surface area (Å²) in [5.74, 6) is 0.552. The van der Waals surface area contributed by atoms with Gasteiger partial charge >= 0.3 is 0 Å². The van der Waals surface area contributed by atoms with Gasteiger partial charge in [-0.1, -0.05) is 23.5 Å². The Balaban J connectivity index is 1.60. The molecule has 1 N–H and O–H groups in total. The second kappa shape index (κ2) is 6.02. The first-order chi connectivity index (χ1) is 13.1. The molecule has 1 aliphatic rings. The standard InChI is InChI=1S/C19H18N6OS/c1-11-10-20-24(2)16(11)18(26)22-17-12-6-5-8-13(12)23-25(17)19-21-14-7-3-4-9-15(14)27-19/h3-4,7,9-10H,5-6,8H2,1-2H3,(H,22,26). The fourth-order valence-electron chi connectivity index (χ4n) is 3.65. The Labute approximate surface area is 159 Å². The zero-order valence-corrected chi connectivity index (χ0v) is 15.9. The van der Waals surface area contributed by atoms with Crippen LogP contribution in [0.25, 0.3) is 15.3 Å². The van der Waals surface area contributed by atoms with Crippen molar-refractivity contribution in [2.24, 2.45) is 7.05 Å². The molecule has 0 bridgehead atoms. The molecule has 0 unspecified atom stereocenters. The lowest BCUT2D eigenvalue weighted by Crippen LogP contribution is -2.20. The Morgan fingerprint density at radius 3 is 2.89 bits per heavy atom. The first-order valence-corrected chi connectivity index (χ1v) is 9.70. The third-order valence-electron chi connectivity index (χ3n) is 4.94. The highest BCUT2D eigenvalue weighted by molar-refractivity contribution is 7.20. The number of hydrogen-bond acceptors (Lipinski definition) is 5. The minimum Gasteiger partial charge on any atom is -0.305 e. The van der Waals surface area contributed by atoms with Gasteiger partial charge in [0.2, 0.25) is 5.13 Å². The predicted octanol–water partition coefficient (Wildman–Crippen LogP) is 3.26. The molecule has 0 spiro atoms. The number of carbonyl (C=O) groups is 1. The van der Waals surface area contributed by atoms with Gasteiger partial charge in [0.1, 0.15) is 11.5 Å². The summed E-state index contributed by atoms with van der Waals surface area (Å²) in [6.07, 6.45) is 4.61. The Hall–Kier alpha value is -3.00. The minimum atomic E-state index is -0.176. The van der Waals surface area contributed by atoms with Crippen molar-refractivity contribution in [3.8, 4) is 5.13 Å². The highest BCUT2D eigenvalue weighted by Gasteiger charge is 2.27. The molecule has 1 amide bonds. The highest BCUT2D eigenvalue weighted by Crippen LogP contribution is 2.34. The molecule has 0 fully saturated rings. The number of anilines is 1. The van der Waals surface area contributed by atoms with E-state index in [4.69, 9.17) is 10.1 Å². The zero-order chi connectivity index (χ0) is 18.5. The summed E-state index contributed by atoms with van der Waals surface area (Å²) < 4.78 is 4.49. The molecule has 27 heavy (non-hydrogen) atoms. The highest BCUT2D eigenvalue weighted by atomic mass is 32.1. The van der Waals surface area contributed by atoms with Crippen LogP contribution in [0.3, 0.4) is 0 Å². The van der Waals surface area contributed by atoms with E-state index in [-0.39, 0.29) is 5.91 Å². The topological polar surface area (TPSA) is 77.6 Å². The van der Waals surface area contributed by atoms with Crippen LogP contribution in [0.15, 0.2) is 30.5 Å². The van der Waals surface area contributed by atoms with Gasteiger partial charge < -0.3 is 5.32 Å². The van der Waals surface area contributed by atoms with Crippen molar-refractivity contribution in [3.05, 3.63) is 53.0 Å². The van der Waals surface area contributed by atoms with Gasteiger partial charge in [-0.2, -0.15) is 14.9 Å².